The molecule has 2 rings (SSSR count). The molecule has 0 radical (unpaired) electrons. The van der Waals surface area contributed by atoms with Crippen LogP contribution in [0.5, 0.6) is 0 Å². The number of pyridine rings is 1. The van der Waals surface area contributed by atoms with Gasteiger partial charge < -0.3 is 5.43 Å². The Bertz CT molecular complexity index is 675. The maximum atomic E-state index is 12.5. The maximum Gasteiger partial charge on any atom is 0.294 e. The number of nitro groups is 1. The van der Waals surface area contributed by atoms with Crippen molar-refractivity contribution in [3.63, 3.8) is 0 Å². The summed E-state index contributed by atoms with van der Waals surface area (Å²) in [7, 11) is 1.53. The van der Waals surface area contributed by atoms with E-state index in [1.807, 2.05) is 0 Å². The zero-order valence-electron chi connectivity index (χ0n) is 11.2. The first kappa shape index (κ1) is 14.4. The molecule has 108 valence electrons. The van der Waals surface area contributed by atoms with Gasteiger partial charge in [-0.2, -0.15) is 0 Å². The van der Waals surface area contributed by atoms with Gasteiger partial charge >= 0.3 is 0 Å². The minimum absolute atomic E-state index is 0.0321. The van der Waals surface area contributed by atoms with Gasteiger partial charge in [-0.15, -0.1) is 0 Å². The van der Waals surface area contributed by atoms with Crippen LogP contribution < -0.4 is 16.2 Å². The van der Waals surface area contributed by atoms with E-state index in [2.05, 4.69) is 10.4 Å². The summed E-state index contributed by atoms with van der Waals surface area (Å²) in [5.41, 5.74) is 2.02. The summed E-state index contributed by atoms with van der Waals surface area (Å²) >= 11 is 0. The number of carbonyl (C=O) groups excluding carboxylic acids is 1. The van der Waals surface area contributed by atoms with Gasteiger partial charge in [0, 0.05) is 19.3 Å². The average Bonchev–Trinajstić information content (AvgIpc) is 2.53. The molecular formula is C13H13N5O3. The Hall–Kier alpha value is -3.00. The Labute approximate surface area is 120 Å². The number of nitro benzene ring substituents is 1. The third-order valence-corrected chi connectivity index (χ3v) is 2.91. The van der Waals surface area contributed by atoms with E-state index in [0.29, 0.717) is 5.82 Å². The number of nitrogens with one attached hydrogen (secondary N) is 1. The molecule has 0 saturated heterocycles. The second-order valence-corrected chi connectivity index (χ2v) is 4.15. The molecule has 0 bridgehead atoms. The Kier molecular flexibility index (Phi) is 4.10. The fourth-order valence-electron chi connectivity index (χ4n) is 1.86. The molecule has 0 aliphatic rings. The Morgan fingerprint density at radius 1 is 1.33 bits per heavy atom. The van der Waals surface area contributed by atoms with Gasteiger partial charge in [0.05, 0.1) is 10.5 Å². The largest absolute Gasteiger partial charge is 0.318 e. The minimum Gasteiger partial charge on any atom is -0.318 e. The minimum atomic E-state index is -0.604. The number of anilines is 2. The average molecular weight is 287 g/mol. The van der Waals surface area contributed by atoms with Gasteiger partial charge in [0.25, 0.3) is 11.6 Å². The van der Waals surface area contributed by atoms with E-state index < -0.39 is 10.8 Å². The molecule has 1 aromatic carbocycles. The Balaban J connectivity index is 2.44. The number of nitrogens with two attached hydrogens (primary N) is 1. The summed E-state index contributed by atoms with van der Waals surface area (Å²) in [6, 6.07) is 9.28. The number of nitrogen functional groups attached to an aromatic ring is 1. The lowest BCUT2D eigenvalue weighted by Crippen LogP contribution is -2.28. The topological polar surface area (TPSA) is 114 Å². The quantitative estimate of drug-likeness (QED) is 0.501. The molecule has 2 aromatic rings. The molecule has 21 heavy (non-hydrogen) atoms. The van der Waals surface area contributed by atoms with Crippen molar-refractivity contribution >= 4 is 23.1 Å². The SMILES string of the molecule is CN(C(=O)c1cccc([N+](=O)[O-])c1NN)c1ccccn1. The summed E-state index contributed by atoms with van der Waals surface area (Å²) in [6.45, 7) is 0. The molecule has 8 heteroatoms. The van der Waals surface area contributed by atoms with Crippen molar-refractivity contribution in [1.29, 1.82) is 0 Å². The molecule has 1 heterocycles. The van der Waals surface area contributed by atoms with Gasteiger partial charge in [-0.05, 0) is 18.2 Å². The number of hydrogen-bond acceptors (Lipinski definition) is 6. The van der Waals surface area contributed by atoms with Crippen LogP contribution in [0.25, 0.3) is 0 Å². The van der Waals surface area contributed by atoms with Crippen molar-refractivity contribution in [2.75, 3.05) is 17.4 Å². The highest BCUT2D eigenvalue weighted by Crippen LogP contribution is 2.28. The van der Waals surface area contributed by atoms with Gasteiger partial charge in [0.2, 0.25) is 0 Å². The van der Waals surface area contributed by atoms with Crippen LogP contribution in [0.4, 0.5) is 17.2 Å². The predicted octanol–water partition coefficient (Wildman–Crippen LogP) is 1.55. The second kappa shape index (κ2) is 5.97. The Morgan fingerprint density at radius 2 is 2.10 bits per heavy atom. The van der Waals surface area contributed by atoms with E-state index >= 15 is 0 Å². The van der Waals surface area contributed by atoms with Crippen LogP contribution in [-0.2, 0) is 0 Å². The van der Waals surface area contributed by atoms with Crippen molar-refractivity contribution in [3.8, 4) is 0 Å². The van der Waals surface area contributed by atoms with Crippen molar-refractivity contribution in [3.05, 3.63) is 58.3 Å². The van der Waals surface area contributed by atoms with E-state index in [9.17, 15) is 14.9 Å². The monoisotopic (exact) mass is 287 g/mol. The molecule has 0 aliphatic carbocycles. The number of para-hydroxylation sites is 1. The van der Waals surface area contributed by atoms with Crippen LogP contribution >= 0.6 is 0 Å². The molecule has 0 saturated carbocycles. The first-order valence-electron chi connectivity index (χ1n) is 5.99. The van der Waals surface area contributed by atoms with E-state index in [0.717, 1.165) is 0 Å². The number of carbonyl (C=O) groups is 1. The maximum absolute atomic E-state index is 12.5. The summed E-state index contributed by atoms with van der Waals surface area (Å²) in [6.07, 6.45) is 1.55. The summed E-state index contributed by atoms with van der Waals surface area (Å²) in [5.74, 6) is 5.30. The van der Waals surface area contributed by atoms with E-state index in [-0.39, 0.29) is 16.9 Å². The molecule has 0 fully saturated rings. The first-order valence-corrected chi connectivity index (χ1v) is 5.99. The zero-order chi connectivity index (χ0) is 15.4. The van der Waals surface area contributed by atoms with Crippen molar-refractivity contribution in [2.45, 2.75) is 0 Å². The van der Waals surface area contributed by atoms with Gasteiger partial charge in [-0.25, -0.2) is 4.98 Å². The molecule has 1 aromatic heterocycles. The number of hydrogen-bond donors (Lipinski definition) is 2. The van der Waals surface area contributed by atoms with Gasteiger partial charge in [0.15, 0.2) is 0 Å². The fourth-order valence-corrected chi connectivity index (χ4v) is 1.86. The van der Waals surface area contributed by atoms with Crippen LogP contribution in [-0.4, -0.2) is 22.9 Å². The smallest absolute Gasteiger partial charge is 0.294 e. The molecule has 0 spiro atoms. The van der Waals surface area contributed by atoms with Gasteiger partial charge in [0.1, 0.15) is 11.5 Å². The van der Waals surface area contributed by atoms with E-state index in [4.69, 9.17) is 5.84 Å². The number of aromatic nitrogens is 1. The van der Waals surface area contributed by atoms with Crippen LogP contribution in [0.3, 0.4) is 0 Å². The van der Waals surface area contributed by atoms with E-state index in [1.165, 1.54) is 30.1 Å². The number of rotatable bonds is 4. The second-order valence-electron chi connectivity index (χ2n) is 4.15. The number of hydrazine groups is 1. The predicted molar refractivity (Wildman–Crippen MR) is 77.9 cm³/mol. The van der Waals surface area contributed by atoms with Gasteiger partial charge in [-0.1, -0.05) is 12.1 Å². The van der Waals surface area contributed by atoms with Gasteiger partial charge in [-0.3, -0.25) is 25.7 Å². The number of amides is 1. The summed E-state index contributed by atoms with van der Waals surface area (Å²) in [4.78, 5) is 28.2. The van der Waals surface area contributed by atoms with Crippen LogP contribution in [0, 0.1) is 10.1 Å². The van der Waals surface area contributed by atoms with Crippen molar-refractivity contribution < 1.29 is 9.72 Å². The van der Waals surface area contributed by atoms with Crippen LogP contribution in [0.1, 0.15) is 10.4 Å². The molecule has 8 nitrogen and oxygen atoms in total. The fraction of sp³-hybridized carbons (Fsp3) is 0.0769. The number of benzene rings is 1. The highest BCUT2D eigenvalue weighted by Gasteiger charge is 2.24. The molecule has 1 amide bonds. The van der Waals surface area contributed by atoms with Crippen LogP contribution in [0.15, 0.2) is 42.6 Å². The molecule has 3 N–H and O–H groups in total. The summed E-state index contributed by atoms with van der Waals surface area (Å²) < 4.78 is 0. The standard InChI is InChI=1S/C13H13N5O3/c1-17(11-7-2-3-8-15-11)13(19)9-5-4-6-10(18(20)21)12(9)16-14/h2-8,16H,14H2,1H3. The van der Waals surface area contributed by atoms with Crippen LogP contribution in [0.2, 0.25) is 0 Å². The summed E-state index contributed by atoms with van der Waals surface area (Å²) in [5, 5.41) is 11.0. The lowest BCUT2D eigenvalue weighted by molar-refractivity contribution is -0.384. The highest BCUT2D eigenvalue weighted by atomic mass is 16.6. The normalized spacial score (nSPS) is 10.0. The van der Waals surface area contributed by atoms with E-state index in [1.54, 1.807) is 24.4 Å². The van der Waals surface area contributed by atoms with Crippen molar-refractivity contribution in [1.82, 2.24) is 4.98 Å². The molecular weight excluding hydrogens is 274 g/mol. The number of nitrogens with zero attached hydrogens (tertiary/aromatic N) is 3. The first-order chi connectivity index (χ1) is 10.1. The lowest BCUT2D eigenvalue weighted by atomic mass is 10.1. The molecule has 0 atom stereocenters. The molecule has 0 unspecified atom stereocenters. The zero-order valence-corrected chi connectivity index (χ0v) is 11.2. The lowest BCUT2D eigenvalue weighted by Gasteiger charge is -2.17. The highest BCUT2D eigenvalue weighted by molar-refractivity contribution is 6.10. The molecule has 0 aliphatic heterocycles. The third kappa shape index (κ3) is 2.79. The van der Waals surface area contributed by atoms with Crippen molar-refractivity contribution in [2.24, 2.45) is 5.84 Å². The Morgan fingerprint density at radius 3 is 2.67 bits per heavy atom. The third-order valence-electron chi connectivity index (χ3n) is 2.91.